The molecule has 0 saturated carbocycles. The largest absolute Gasteiger partial charge is 0.324 e. The molecule has 3 aromatic rings. The summed E-state index contributed by atoms with van der Waals surface area (Å²) in [6, 6.07) is 13.5. The third-order valence-electron chi connectivity index (χ3n) is 5.30. The van der Waals surface area contributed by atoms with Crippen LogP contribution < -0.4 is 5.32 Å². The third kappa shape index (κ3) is 6.05. The predicted octanol–water partition coefficient (Wildman–Crippen LogP) is 5.05. The van der Waals surface area contributed by atoms with Crippen LogP contribution in [0, 0.1) is 0 Å². The molecule has 1 aliphatic rings. The monoisotopic (exact) mass is 474 g/mol. The van der Waals surface area contributed by atoms with E-state index in [0.29, 0.717) is 15.7 Å². The Morgan fingerprint density at radius 2 is 1.84 bits per heavy atom. The topological polar surface area (TPSA) is 48.5 Å². The fourth-order valence-electron chi connectivity index (χ4n) is 3.49. The lowest BCUT2D eigenvalue weighted by Crippen LogP contribution is -2.43. The van der Waals surface area contributed by atoms with Gasteiger partial charge in [0, 0.05) is 48.7 Å². The van der Waals surface area contributed by atoms with Crippen molar-refractivity contribution in [1.82, 2.24) is 14.8 Å². The fourth-order valence-corrected chi connectivity index (χ4v) is 4.65. The molecule has 0 unspecified atom stereocenters. The van der Waals surface area contributed by atoms with Gasteiger partial charge in [-0.25, -0.2) is 4.98 Å². The maximum absolute atomic E-state index is 12.4. The van der Waals surface area contributed by atoms with Crippen LogP contribution in [-0.4, -0.2) is 53.9 Å². The number of hydrogen-bond donors (Lipinski definition) is 1. The number of nitrogens with one attached hydrogen (secondary N) is 1. The zero-order valence-corrected chi connectivity index (χ0v) is 19.6. The van der Waals surface area contributed by atoms with Crippen molar-refractivity contribution in [2.24, 2.45) is 0 Å². The average Bonchev–Trinajstić information content (AvgIpc) is 3.21. The zero-order valence-electron chi connectivity index (χ0n) is 17.3. The van der Waals surface area contributed by atoms with Crippen molar-refractivity contribution in [3.63, 3.8) is 0 Å². The number of carbonyl (C=O) groups is 1. The summed E-state index contributed by atoms with van der Waals surface area (Å²) in [5, 5.41) is 6.61. The fraction of sp³-hybridized carbons (Fsp3) is 0.304. The lowest BCUT2D eigenvalue weighted by atomic mass is 10.1. The number of carbonyl (C=O) groups excluding carboxylic acids is 1. The van der Waals surface area contributed by atoms with E-state index in [1.807, 2.05) is 5.38 Å². The van der Waals surface area contributed by atoms with Crippen LogP contribution in [0.4, 0.5) is 5.69 Å². The summed E-state index contributed by atoms with van der Waals surface area (Å²) in [5.41, 5.74) is 3.61. The van der Waals surface area contributed by atoms with Crippen LogP contribution in [-0.2, 0) is 17.8 Å². The Labute approximate surface area is 196 Å². The number of hydrogen-bond acceptors (Lipinski definition) is 5. The lowest BCUT2D eigenvalue weighted by Gasteiger charge is -2.32. The van der Waals surface area contributed by atoms with E-state index in [-0.39, 0.29) is 12.3 Å². The summed E-state index contributed by atoms with van der Waals surface area (Å²) in [6.45, 7) is 5.44. The van der Waals surface area contributed by atoms with Crippen LogP contribution in [0.25, 0.3) is 10.6 Å². The Morgan fingerprint density at radius 3 is 2.58 bits per heavy atom. The maximum atomic E-state index is 12.4. The molecule has 2 heterocycles. The number of benzene rings is 2. The lowest BCUT2D eigenvalue weighted by molar-refractivity contribution is -0.115. The minimum atomic E-state index is -0.177. The first-order valence-corrected chi connectivity index (χ1v) is 11.8. The van der Waals surface area contributed by atoms with E-state index in [1.54, 1.807) is 29.5 Å². The second kappa shape index (κ2) is 10.1. The summed E-state index contributed by atoms with van der Waals surface area (Å²) in [6.07, 6.45) is 0.181. The number of piperazine rings is 1. The van der Waals surface area contributed by atoms with Gasteiger partial charge in [0.1, 0.15) is 5.01 Å². The number of amides is 1. The van der Waals surface area contributed by atoms with E-state index >= 15 is 0 Å². The van der Waals surface area contributed by atoms with Crippen molar-refractivity contribution in [1.29, 1.82) is 0 Å². The van der Waals surface area contributed by atoms with Gasteiger partial charge in [-0.05, 0) is 30.8 Å². The number of thiazole rings is 1. The first-order valence-electron chi connectivity index (χ1n) is 10.2. The Bertz CT molecular complexity index is 1050. The second-order valence-corrected chi connectivity index (χ2v) is 9.47. The molecule has 0 atom stereocenters. The predicted molar refractivity (Wildman–Crippen MR) is 129 cm³/mol. The highest BCUT2D eigenvalue weighted by molar-refractivity contribution is 7.13. The molecule has 0 spiro atoms. The summed E-state index contributed by atoms with van der Waals surface area (Å²) in [7, 11) is 2.17. The molecule has 0 aliphatic carbocycles. The summed E-state index contributed by atoms with van der Waals surface area (Å²) < 4.78 is 0. The third-order valence-corrected chi connectivity index (χ3v) is 6.80. The van der Waals surface area contributed by atoms with Gasteiger partial charge in [0.15, 0.2) is 0 Å². The maximum Gasteiger partial charge on any atom is 0.230 e. The molecule has 5 nitrogen and oxygen atoms in total. The molecule has 1 aliphatic heterocycles. The molecule has 1 aromatic heterocycles. The Morgan fingerprint density at radius 1 is 1.10 bits per heavy atom. The van der Waals surface area contributed by atoms with Crippen molar-refractivity contribution in [3.8, 4) is 10.6 Å². The molecule has 4 rings (SSSR count). The highest BCUT2D eigenvalue weighted by Crippen LogP contribution is 2.27. The van der Waals surface area contributed by atoms with Gasteiger partial charge in [0.2, 0.25) is 5.91 Å². The Hall–Kier alpha value is -1.96. The van der Waals surface area contributed by atoms with Crippen LogP contribution in [0.1, 0.15) is 11.3 Å². The smallest absolute Gasteiger partial charge is 0.230 e. The van der Waals surface area contributed by atoms with Crippen LogP contribution in [0.2, 0.25) is 10.0 Å². The molecule has 162 valence electrons. The van der Waals surface area contributed by atoms with Crippen molar-refractivity contribution in [2.75, 3.05) is 38.5 Å². The minimum absolute atomic E-state index is 0.177. The van der Waals surface area contributed by atoms with Gasteiger partial charge in [-0.15, -0.1) is 11.3 Å². The van der Waals surface area contributed by atoms with Crippen molar-refractivity contribution in [2.45, 2.75) is 13.0 Å². The minimum Gasteiger partial charge on any atom is -0.324 e. The van der Waals surface area contributed by atoms with Crippen molar-refractivity contribution < 1.29 is 4.79 Å². The number of halogens is 2. The zero-order chi connectivity index (χ0) is 21.8. The SMILES string of the molecule is CN1CCN(Cc2ccc(-c3nc(CC(=O)Nc4cc(Cl)ccc4Cl)cs3)cc2)CC1. The number of aromatic nitrogens is 1. The van der Waals surface area contributed by atoms with Gasteiger partial charge >= 0.3 is 0 Å². The van der Waals surface area contributed by atoms with Crippen LogP contribution in [0.3, 0.4) is 0 Å². The van der Waals surface area contributed by atoms with Gasteiger partial charge < -0.3 is 10.2 Å². The summed E-state index contributed by atoms with van der Waals surface area (Å²) in [5.74, 6) is -0.177. The number of rotatable bonds is 6. The first kappa shape index (κ1) is 22.2. The number of likely N-dealkylation sites (N-methyl/N-ethyl adjacent to an activating group) is 1. The van der Waals surface area contributed by atoms with E-state index in [4.69, 9.17) is 23.2 Å². The molecule has 1 fully saturated rings. The molecule has 1 saturated heterocycles. The van der Waals surface area contributed by atoms with Crippen LogP contribution in [0.15, 0.2) is 47.8 Å². The molecular weight excluding hydrogens is 451 g/mol. The Kier molecular flexibility index (Phi) is 7.25. The van der Waals surface area contributed by atoms with Gasteiger partial charge in [0.25, 0.3) is 0 Å². The number of nitrogens with zero attached hydrogens (tertiary/aromatic N) is 3. The van der Waals surface area contributed by atoms with Crippen molar-refractivity contribution >= 4 is 46.1 Å². The van der Waals surface area contributed by atoms with Gasteiger partial charge in [-0.3, -0.25) is 9.69 Å². The highest BCUT2D eigenvalue weighted by Gasteiger charge is 2.14. The van der Waals surface area contributed by atoms with E-state index in [2.05, 4.69) is 51.4 Å². The molecule has 0 bridgehead atoms. The molecule has 1 amide bonds. The van der Waals surface area contributed by atoms with E-state index in [0.717, 1.165) is 49.0 Å². The van der Waals surface area contributed by atoms with Crippen molar-refractivity contribution in [3.05, 3.63) is 69.1 Å². The Balaban J connectivity index is 1.34. The van der Waals surface area contributed by atoms with Gasteiger partial charge in [0.05, 0.1) is 22.8 Å². The summed E-state index contributed by atoms with van der Waals surface area (Å²) in [4.78, 5) is 21.9. The molecular formula is C23H24Cl2N4OS. The first-order chi connectivity index (χ1) is 15.0. The highest BCUT2D eigenvalue weighted by atomic mass is 35.5. The van der Waals surface area contributed by atoms with E-state index in [1.165, 1.54) is 5.56 Å². The van der Waals surface area contributed by atoms with E-state index < -0.39 is 0 Å². The summed E-state index contributed by atoms with van der Waals surface area (Å²) >= 11 is 13.6. The van der Waals surface area contributed by atoms with Gasteiger partial charge in [-0.2, -0.15) is 0 Å². The molecule has 31 heavy (non-hydrogen) atoms. The average molecular weight is 475 g/mol. The standard InChI is InChI=1S/C23H24Cl2N4OS/c1-28-8-10-29(11-9-28)14-16-2-4-17(5-3-16)23-26-19(15-31-23)13-22(30)27-21-12-18(24)6-7-20(21)25/h2-7,12,15H,8-11,13-14H2,1H3,(H,27,30). The second-order valence-electron chi connectivity index (χ2n) is 7.77. The van der Waals surface area contributed by atoms with Gasteiger partial charge in [-0.1, -0.05) is 47.5 Å². The van der Waals surface area contributed by atoms with E-state index in [9.17, 15) is 4.79 Å². The normalized spacial score (nSPS) is 15.2. The van der Waals surface area contributed by atoms with Crippen LogP contribution in [0.5, 0.6) is 0 Å². The molecule has 8 heteroatoms. The quantitative estimate of drug-likeness (QED) is 0.543. The number of anilines is 1. The van der Waals surface area contributed by atoms with Crippen LogP contribution >= 0.6 is 34.5 Å². The molecule has 2 aromatic carbocycles. The molecule has 0 radical (unpaired) electrons. The molecule has 1 N–H and O–H groups in total.